The summed E-state index contributed by atoms with van der Waals surface area (Å²) in [4.78, 5) is 4.32. The SMILES string of the molecule is CCCC(CN)c1nc(-c2ccc(OC)nn2)no1. The molecule has 0 amide bonds. The maximum absolute atomic E-state index is 5.70. The molecule has 2 N–H and O–H groups in total. The molecule has 0 aliphatic heterocycles. The fraction of sp³-hybridized carbons (Fsp3) is 0.500. The molecule has 2 aromatic rings. The second-order valence-electron chi connectivity index (χ2n) is 4.14. The van der Waals surface area contributed by atoms with Crippen LogP contribution in [0.15, 0.2) is 16.7 Å². The highest BCUT2D eigenvalue weighted by Crippen LogP contribution is 2.21. The number of rotatable bonds is 6. The minimum Gasteiger partial charge on any atom is -0.480 e. The Morgan fingerprint density at radius 3 is 2.79 bits per heavy atom. The molecule has 0 fully saturated rings. The van der Waals surface area contributed by atoms with E-state index in [1.807, 2.05) is 0 Å². The molecule has 0 radical (unpaired) electrons. The van der Waals surface area contributed by atoms with Gasteiger partial charge in [-0.2, -0.15) is 4.98 Å². The summed E-state index contributed by atoms with van der Waals surface area (Å²) in [6, 6.07) is 3.43. The quantitative estimate of drug-likeness (QED) is 0.840. The van der Waals surface area contributed by atoms with Gasteiger partial charge in [-0.25, -0.2) is 0 Å². The second kappa shape index (κ2) is 6.24. The second-order valence-corrected chi connectivity index (χ2v) is 4.14. The highest BCUT2D eigenvalue weighted by molar-refractivity contribution is 5.47. The van der Waals surface area contributed by atoms with Gasteiger partial charge in [0, 0.05) is 12.6 Å². The molecule has 0 bridgehead atoms. The van der Waals surface area contributed by atoms with Gasteiger partial charge in [0.05, 0.1) is 13.0 Å². The topological polar surface area (TPSA) is 100.0 Å². The summed E-state index contributed by atoms with van der Waals surface area (Å²) in [6.07, 6.45) is 1.94. The van der Waals surface area contributed by atoms with Crippen molar-refractivity contribution in [2.45, 2.75) is 25.7 Å². The van der Waals surface area contributed by atoms with Crippen LogP contribution in [0.4, 0.5) is 0 Å². The van der Waals surface area contributed by atoms with Gasteiger partial charge in [0.1, 0.15) is 5.69 Å². The zero-order chi connectivity index (χ0) is 13.7. The maximum atomic E-state index is 5.70. The summed E-state index contributed by atoms with van der Waals surface area (Å²) < 4.78 is 10.2. The van der Waals surface area contributed by atoms with Crippen LogP contribution in [0, 0.1) is 0 Å². The van der Waals surface area contributed by atoms with Gasteiger partial charge < -0.3 is 15.0 Å². The molecule has 2 heterocycles. The third kappa shape index (κ3) is 3.05. The van der Waals surface area contributed by atoms with E-state index in [4.69, 9.17) is 15.0 Å². The number of ether oxygens (including phenoxy) is 1. The van der Waals surface area contributed by atoms with E-state index in [2.05, 4.69) is 27.3 Å². The molecular weight excluding hydrogens is 246 g/mol. The normalized spacial score (nSPS) is 12.4. The maximum Gasteiger partial charge on any atom is 0.233 e. The number of hydrogen-bond donors (Lipinski definition) is 1. The van der Waals surface area contributed by atoms with Crippen molar-refractivity contribution in [2.75, 3.05) is 13.7 Å². The van der Waals surface area contributed by atoms with Gasteiger partial charge in [0.15, 0.2) is 0 Å². The third-order valence-corrected chi connectivity index (χ3v) is 2.79. The Hall–Kier alpha value is -2.02. The van der Waals surface area contributed by atoms with Gasteiger partial charge >= 0.3 is 0 Å². The summed E-state index contributed by atoms with van der Waals surface area (Å²) in [6.45, 7) is 2.58. The van der Waals surface area contributed by atoms with Crippen LogP contribution in [0.5, 0.6) is 5.88 Å². The summed E-state index contributed by atoms with van der Waals surface area (Å²) in [5.41, 5.74) is 6.25. The molecule has 1 atom stereocenters. The van der Waals surface area contributed by atoms with E-state index in [1.165, 1.54) is 7.11 Å². The van der Waals surface area contributed by atoms with E-state index >= 15 is 0 Å². The first-order chi connectivity index (χ1) is 9.28. The van der Waals surface area contributed by atoms with E-state index < -0.39 is 0 Å². The highest BCUT2D eigenvalue weighted by atomic mass is 16.5. The van der Waals surface area contributed by atoms with Crippen LogP contribution >= 0.6 is 0 Å². The average molecular weight is 263 g/mol. The van der Waals surface area contributed by atoms with Crippen molar-refractivity contribution in [3.05, 3.63) is 18.0 Å². The summed E-state index contributed by atoms with van der Waals surface area (Å²) in [5.74, 6) is 1.51. The van der Waals surface area contributed by atoms with Crippen LogP contribution in [0.3, 0.4) is 0 Å². The largest absolute Gasteiger partial charge is 0.480 e. The van der Waals surface area contributed by atoms with E-state index in [-0.39, 0.29) is 5.92 Å². The zero-order valence-electron chi connectivity index (χ0n) is 11.0. The minimum absolute atomic E-state index is 0.0949. The van der Waals surface area contributed by atoms with Gasteiger partial charge in [-0.15, -0.1) is 10.2 Å². The van der Waals surface area contributed by atoms with E-state index in [0.29, 0.717) is 29.8 Å². The molecule has 0 saturated carbocycles. The van der Waals surface area contributed by atoms with Gasteiger partial charge in [-0.1, -0.05) is 18.5 Å². The number of methoxy groups -OCH3 is 1. The first-order valence-corrected chi connectivity index (χ1v) is 6.20. The Morgan fingerprint density at radius 2 is 2.21 bits per heavy atom. The Balaban J connectivity index is 2.19. The molecular formula is C12H17N5O2. The summed E-state index contributed by atoms with van der Waals surface area (Å²) in [7, 11) is 1.53. The van der Waals surface area contributed by atoms with Crippen molar-refractivity contribution in [3.63, 3.8) is 0 Å². The number of nitrogens with zero attached hydrogens (tertiary/aromatic N) is 4. The first kappa shape index (κ1) is 13.4. The van der Waals surface area contributed by atoms with Gasteiger partial charge in [0.25, 0.3) is 0 Å². The van der Waals surface area contributed by atoms with E-state index in [1.54, 1.807) is 12.1 Å². The first-order valence-electron chi connectivity index (χ1n) is 6.20. The van der Waals surface area contributed by atoms with Crippen LogP contribution < -0.4 is 10.5 Å². The molecule has 7 nitrogen and oxygen atoms in total. The lowest BCUT2D eigenvalue weighted by atomic mass is 10.0. The van der Waals surface area contributed by atoms with Gasteiger partial charge in [-0.05, 0) is 12.5 Å². The van der Waals surface area contributed by atoms with Crippen molar-refractivity contribution in [1.82, 2.24) is 20.3 Å². The molecule has 2 rings (SSSR count). The molecule has 19 heavy (non-hydrogen) atoms. The van der Waals surface area contributed by atoms with Gasteiger partial charge in [-0.3, -0.25) is 0 Å². The number of aromatic nitrogens is 4. The molecule has 0 aromatic carbocycles. The summed E-state index contributed by atoms with van der Waals surface area (Å²) in [5, 5.41) is 11.7. The molecule has 102 valence electrons. The van der Waals surface area contributed by atoms with Crippen LogP contribution in [0.1, 0.15) is 31.6 Å². The lowest BCUT2D eigenvalue weighted by molar-refractivity contribution is 0.347. The third-order valence-electron chi connectivity index (χ3n) is 2.79. The fourth-order valence-corrected chi connectivity index (χ4v) is 1.74. The highest BCUT2D eigenvalue weighted by Gasteiger charge is 2.18. The Bertz CT molecular complexity index is 511. The predicted octanol–water partition coefficient (Wildman–Crippen LogP) is 1.38. The average Bonchev–Trinajstić information content (AvgIpc) is 2.94. The molecule has 0 spiro atoms. The Labute approximate surface area is 111 Å². The predicted molar refractivity (Wildman–Crippen MR) is 68.6 cm³/mol. The van der Waals surface area contributed by atoms with Crippen LogP contribution in [-0.2, 0) is 0 Å². The van der Waals surface area contributed by atoms with Crippen molar-refractivity contribution < 1.29 is 9.26 Å². The Morgan fingerprint density at radius 1 is 1.37 bits per heavy atom. The van der Waals surface area contributed by atoms with Crippen LogP contribution in [-0.4, -0.2) is 34.0 Å². The Kier molecular flexibility index (Phi) is 4.40. The van der Waals surface area contributed by atoms with Crippen LogP contribution in [0.2, 0.25) is 0 Å². The smallest absolute Gasteiger partial charge is 0.233 e. The van der Waals surface area contributed by atoms with E-state index in [9.17, 15) is 0 Å². The fourth-order valence-electron chi connectivity index (χ4n) is 1.74. The minimum atomic E-state index is 0.0949. The molecule has 1 unspecified atom stereocenters. The zero-order valence-corrected chi connectivity index (χ0v) is 11.0. The monoisotopic (exact) mass is 263 g/mol. The number of hydrogen-bond acceptors (Lipinski definition) is 7. The molecule has 0 aliphatic carbocycles. The van der Waals surface area contributed by atoms with Crippen molar-refractivity contribution in [3.8, 4) is 17.4 Å². The standard InChI is InChI=1S/C12H17N5O2/c1-3-4-8(7-13)12-14-11(17-19-12)9-5-6-10(18-2)16-15-9/h5-6,8H,3-4,7,13H2,1-2H3. The van der Waals surface area contributed by atoms with Gasteiger partial charge in [0.2, 0.25) is 17.6 Å². The molecule has 7 heteroatoms. The lowest BCUT2D eigenvalue weighted by Crippen LogP contribution is -2.12. The van der Waals surface area contributed by atoms with Crippen molar-refractivity contribution in [2.24, 2.45) is 5.73 Å². The van der Waals surface area contributed by atoms with Crippen LogP contribution in [0.25, 0.3) is 11.5 Å². The van der Waals surface area contributed by atoms with Crippen molar-refractivity contribution >= 4 is 0 Å². The number of nitrogens with two attached hydrogens (primary N) is 1. The lowest BCUT2D eigenvalue weighted by Gasteiger charge is -2.06. The molecule has 0 aliphatic rings. The molecule has 0 saturated heterocycles. The van der Waals surface area contributed by atoms with E-state index in [0.717, 1.165) is 12.8 Å². The van der Waals surface area contributed by atoms with Crippen molar-refractivity contribution in [1.29, 1.82) is 0 Å². The molecule has 2 aromatic heterocycles. The summed E-state index contributed by atoms with van der Waals surface area (Å²) >= 11 is 0.